The summed E-state index contributed by atoms with van der Waals surface area (Å²) in [6.45, 7) is 2.86. The summed E-state index contributed by atoms with van der Waals surface area (Å²) in [5, 5.41) is 9.03. The zero-order valence-corrected chi connectivity index (χ0v) is 11.4. The first-order valence-electron chi connectivity index (χ1n) is 5.48. The predicted octanol–water partition coefficient (Wildman–Crippen LogP) is -0.183. The summed E-state index contributed by atoms with van der Waals surface area (Å²) in [5.41, 5.74) is 0. The highest BCUT2D eigenvalue weighted by Crippen LogP contribution is 2.37. The number of hydrogen-bond donors (Lipinski definition) is 1. The minimum absolute atomic E-state index is 0.0459. The van der Waals surface area contributed by atoms with Gasteiger partial charge in [-0.05, 0) is 26.7 Å². The van der Waals surface area contributed by atoms with E-state index in [-0.39, 0.29) is 6.42 Å². The first-order chi connectivity index (χ1) is 8.17. The zero-order chi connectivity index (χ0) is 14.1. The number of sulfonamides is 1. The molecule has 1 aliphatic rings. The number of hydrogen-bond acceptors (Lipinski definition) is 5. The average Bonchev–Trinajstić information content (AvgIpc) is 2.26. The summed E-state index contributed by atoms with van der Waals surface area (Å²) >= 11 is 0. The van der Waals surface area contributed by atoms with Gasteiger partial charge in [-0.15, -0.1) is 0 Å². The van der Waals surface area contributed by atoms with Crippen molar-refractivity contribution in [2.45, 2.75) is 37.5 Å². The van der Waals surface area contributed by atoms with Crippen LogP contribution in [0.3, 0.4) is 0 Å². The van der Waals surface area contributed by atoms with Gasteiger partial charge in [0.2, 0.25) is 0 Å². The van der Waals surface area contributed by atoms with Gasteiger partial charge in [-0.25, -0.2) is 17.5 Å². The monoisotopic (exact) mass is 279 g/mol. The molecule has 1 fully saturated rings. The van der Waals surface area contributed by atoms with E-state index >= 15 is 0 Å². The molecule has 0 aromatic rings. The lowest BCUT2D eigenvalue weighted by Gasteiger charge is -2.45. The maximum absolute atomic E-state index is 11.9. The average molecular weight is 279 g/mol. The van der Waals surface area contributed by atoms with Crippen LogP contribution in [0, 0.1) is 0 Å². The fourth-order valence-corrected chi connectivity index (χ4v) is 3.42. The number of carbonyl (C=O) groups is 2. The van der Waals surface area contributed by atoms with Gasteiger partial charge in [-0.1, -0.05) is 0 Å². The highest BCUT2D eigenvalue weighted by molar-refractivity contribution is 7.94. The maximum Gasteiger partial charge on any atom is 0.327 e. The van der Waals surface area contributed by atoms with Crippen LogP contribution in [-0.4, -0.2) is 54.2 Å². The topological polar surface area (TPSA) is 101 Å². The fourth-order valence-electron chi connectivity index (χ4n) is 1.76. The Hall–Kier alpha value is -1.15. The lowest BCUT2D eigenvalue weighted by atomic mass is 10.1. The van der Waals surface area contributed by atoms with Crippen molar-refractivity contribution in [2.24, 2.45) is 0 Å². The van der Waals surface area contributed by atoms with Gasteiger partial charge in [-0.2, -0.15) is 0 Å². The molecule has 104 valence electrons. The van der Waals surface area contributed by atoms with Crippen LogP contribution >= 0.6 is 0 Å². The molecule has 0 aromatic heterocycles. The van der Waals surface area contributed by atoms with E-state index in [1.54, 1.807) is 0 Å². The molecule has 1 saturated heterocycles. The number of ether oxygens (including phenoxy) is 1. The molecule has 1 rings (SSSR count). The van der Waals surface area contributed by atoms with Gasteiger partial charge in [-0.3, -0.25) is 4.79 Å². The van der Waals surface area contributed by atoms with Crippen LogP contribution in [0.5, 0.6) is 0 Å². The minimum Gasteiger partial charge on any atom is -0.480 e. The van der Waals surface area contributed by atoms with Crippen LogP contribution < -0.4 is 0 Å². The highest BCUT2D eigenvalue weighted by atomic mass is 32.2. The SMILES string of the molecule is COCCCC(C(=O)O)N1C(=O)C(C)(C)S1(=O)=O. The Bertz CT molecular complexity index is 455. The Morgan fingerprint density at radius 2 is 2.06 bits per heavy atom. The number of amides is 1. The van der Waals surface area contributed by atoms with Crippen molar-refractivity contribution in [3.8, 4) is 0 Å². The molecule has 7 nitrogen and oxygen atoms in total. The van der Waals surface area contributed by atoms with Gasteiger partial charge >= 0.3 is 5.97 Å². The molecule has 0 bridgehead atoms. The molecule has 0 aliphatic carbocycles. The van der Waals surface area contributed by atoms with E-state index in [9.17, 15) is 18.0 Å². The molecular weight excluding hydrogens is 262 g/mol. The number of carbonyl (C=O) groups excluding carboxylic acids is 1. The van der Waals surface area contributed by atoms with E-state index in [0.717, 1.165) is 0 Å². The molecule has 1 atom stereocenters. The van der Waals surface area contributed by atoms with Crippen molar-refractivity contribution >= 4 is 21.9 Å². The van der Waals surface area contributed by atoms with E-state index in [1.807, 2.05) is 0 Å². The summed E-state index contributed by atoms with van der Waals surface area (Å²) in [4.78, 5) is 22.8. The van der Waals surface area contributed by atoms with Crippen LogP contribution in [0.1, 0.15) is 26.7 Å². The second-order valence-corrected chi connectivity index (χ2v) is 6.97. The summed E-state index contributed by atoms with van der Waals surface area (Å²) in [6, 6.07) is -1.34. The Morgan fingerprint density at radius 3 is 2.44 bits per heavy atom. The van der Waals surface area contributed by atoms with Crippen molar-refractivity contribution in [3.63, 3.8) is 0 Å². The normalized spacial score (nSPS) is 22.4. The van der Waals surface area contributed by atoms with E-state index in [4.69, 9.17) is 9.84 Å². The Balaban J connectivity index is 2.90. The van der Waals surface area contributed by atoms with E-state index in [1.165, 1.54) is 21.0 Å². The smallest absolute Gasteiger partial charge is 0.327 e. The van der Waals surface area contributed by atoms with Gasteiger partial charge in [0.05, 0.1) is 0 Å². The summed E-state index contributed by atoms with van der Waals surface area (Å²) in [7, 11) is -2.41. The van der Waals surface area contributed by atoms with Crippen molar-refractivity contribution < 1.29 is 27.9 Å². The molecule has 8 heteroatoms. The van der Waals surface area contributed by atoms with Crippen molar-refractivity contribution in [3.05, 3.63) is 0 Å². The zero-order valence-electron chi connectivity index (χ0n) is 10.5. The van der Waals surface area contributed by atoms with E-state index < -0.39 is 32.7 Å². The van der Waals surface area contributed by atoms with Gasteiger partial charge in [0.25, 0.3) is 15.9 Å². The number of carboxylic acid groups (broad SMARTS) is 1. The second kappa shape index (κ2) is 4.85. The van der Waals surface area contributed by atoms with Crippen LogP contribution in [0.15, 0.2) is 0 Å². The van der Waals surface area contributed by atoms with Crippen LogP contribution in [0.4, 0.5) is 0 Å². The molecule has 0 saturated carbocycles. The number of aliphatic carboxylic acids is 1. The third-order valence-electron chi connectivity index (χ3n) is 3.01. The minimum atomic E-state index is -3.87. The second-order valence-electron chi connectivity index (χ2n) is 4.61. The molecule has 1 aliphatic heterocycles. The summed E-state index contributed by atoms with van der Waals surface area (Å²) in [5.74, 6) is -1.99. The van der Waals surface area contributed by atoms with Gasteiger partial charge in [0, 0.05) is 13.7 Å². The molecular formula is C10H17NO6S. The number of rotatable bonds is 6. The third kappa shape index (κ3) is 2.10. The lowest BCUT2D eigenvalue weighted by molar-refractivity contribution is -0.149. The predicted molar refractivity (Wildman–Crippen MR) is 62.4 cm³/mol. The Labute approximate surface area is 106 Å². The molecule has 1 N–H and O–H groups in total. The van der Waals surface area contributed by atoms with Crippen LogP contribution in [-0.2, 0) is 24.3 Å². The van der Waals surface area contributed by atoms with Gasteiger partial charge in [0.1, 0.15) is 6.04 Å². The highest BCUT2D eigenvalue weighted by Gasteiger charge is 2.63. The molecule has 1 heterocycles. The molecule has 0 aromatic carbocycles. The van der Waals surface area contributed by atoms with Gasteiger partial charge in [0.15, 0.2) is 4.75 Å². The van der Waals surface area contributed by atoms with Crippen LogP contribution in [0.25, 0.3) is 0 Å². The van der Waals surface area contributed by atoms with E-state index in [0.29, 0.717) is 17.3 Å². The number of methoxy groups -OCH3 is 1. The first-order valence-corrected chi connectivity index (χ1v) is 6.92. The molecule has 1 amide bonds. The standard InChI is InChI=1S/C10H17NO6S/c1-10(2)9(14)11(18(10,15)16)7(8(12)13)5-4-6-17-3/h7H,4-6H2,1-3H3,(H,12,13). The van der Waals surface area contributed by atoms with Crippen molar-refractivity contribution in [1.29, 1.82) is 0 Å². The quantitative estimate of drug-likeness (QED) is 0.677. The lowest BCUT2D eigenvalue weighted by Crippen LogP contribution is -2.71. The Kier molecular flexibility index (Phi) is 4.02. The van der Waals surface area contributed by atoms with Crippen LogP contribution in [0.2, 0.25) is 0 Å². The number of nitrogens with zero attached hydrogens (tertiary/aromatic N) is 1. The number of carboxylic acids is 1. The molecule has 0 spiro atoms. The maximum atomic E-state index is 11.9. The summed E-state index contributed by atoms with van der Waals surface area (Å²) in [6.07, 6.45) is 0.414. The first kappa shape index (κ1) is 14.9. The molecule has 1 unspecified atom stereocenters. The molecule has 0 radical (unpaired) electrons. The Morgan fingerprint density at radius 1 is 1.50 bits per heavy atom. The summed E-state index contributed by atoms with van der Waals surface area (Å²) < 4.78 is 27.5. The fraction of sp³-hybridized carbons (Fsp3) is 0.800. The van der Waals surface area contributed by atoms with Crippen molar-refractivity contribution in [1.82, 2.24) is 4.31 Å². The van der Waals surface area contributed by atoms with Gasteiger partial charge < -0.3 is 9.84 Å². The van der Waals surface area contributed by atoms with E-state index in [2.05, 4.69) is 0 Å². The largest absolute Gasteiger partial charge is 0.480 e. The van der Waals surface area contributed by atoms with Crippen molar-refractivity contribution in [2.75, 3.05) is 13.7 Å². The third-order valence-corrected chi connectivity index (χ3v) is 5.42. The molecule has 18 heavy (non-hydrogen) atoms.